The average molecular weight is 441 g/mol. The molecule has 2 N–H and O–H groups in total. The third-order valence-electron chi connectivity index (χ3n) is 7.52. The van der Waals surface area contributed by atoms with E-state index in [2.05, 4.69) is 67.8 Å². The molecule has 3 aromatic heterocycles. The molecule has 4 aromatic rings. The van der Waals surface area contributed by atoms with E-state index in [1.807, 2.05) is 7.05 Å². The topological polar surface area (TPSA) is 67.7 Å². The van der Waals surface area contributed by atoms with Gasteiger partial charge in [0.2, 0.25) is 0 Å². The fraction of sp³-hybridized carbons (Fsp3) is 0.444. The minimum atomic E-state index is 0.533. The first-order valence-electron chi connectivity index (χ1n) is 12.4. The van der Waals surface area contributed by atoms with Crippen LogP contribution in [0.5, 0.6) is 0 Å². The Balaban J connectivity index is 1.10. The molecule has 0 amide bonds. The molecule has 0 spiro atoms. The molecule has 0 radical (unpaired) electrons. The Morgan fingerprint density at radius 1 is 1.00 bits per heavy atom. The second kappa shape index (κ2) is 8.65. The Hall–Kier alpha value is -3.15. The van der Waals surface area contributed by atoms with Crippen molar-refractivity contribution in [2.75, 3.05) is 24.2 Å². The highest BCUT2D eigenvalue weighted by Gasteiger charge is 2.27. The molecule has 2 saturated carbocycles. The second-order valence-corrected chi connectivity index (χ2v) is 9.85. The van der Waals surface area contributed by atoms with Crippen molar-refractivity contribution in [1.82, 2.24) is 19.5 Å². The molecule has 1 aromatic carbocycles. The lowest BCUT2D eigenvalue weighted by Gasteiger charge is -2.15. The van der Waals surface area contributed by atoms with Gasteiger partial charge in [-0.15, -0.1) is 0 Å². The molecule has 33 heavy (non-hydrogen) atoms. The normalized spacial score (nSPS) is 20.5. The van der Waals surface area contributed by atoms with E-state index in [1.165, 1.54) is 49.5 Å². The highest BCUT2D eigenvalue weighted by atomic mass is 15.1. The van der Waals surface area contributed by atoms with Gasteiger partial charge >= 0.3 is 0 Å². The fourth-order valence-corrected chi connectivity index (χ4v) is 5.39. The van der Waals surface area contributed by atoms with E-state index in [1.54, 1.807) is 6.33 Å². The number of hydrogen-bond donors (Lipinski definition) is 2. The van der Waals surface area contributed by atoms with E-state index in [0.29, 0.717) is 6.04 Å². The summed E-state index contributed by atoms with van der Waals surface area (Å²) in [5.41, 5.74) is 3.55. The molecular weight excluding hydrogens is 408 g/mol. The summed E-state index contributed by atoms with van der Waals surface area (Å²) in [4.78, 5) is 13.8. The van der Waals surface area contributed by atoms with Gasteiger partial charge in [-0.05, 0) is 86.6 Å². The molecule has 6 rings (SSSR count). The van der Waals surface area contributed by atoms with Crippen LogP contribution >= 0.6 is 0 Å². The van der Waals surface area contributed by atoms with Crippen molar-refractivity contribution >= 4 is 33.6 Å². The van der Waals surface area contributed by atoms with Crippen molar-refractivity contribution in [1.29, 1.82) is 0 Å². The number of aryl methyl sites for hydroxylation is 1. The molecule has 0 aliphatic heterocycles. The third kappa shape index (κ3) is 4.26. The van der Waals surface area contributed by atoms with Gasteiger partial charge in [0.25, 0.3) is 0 Å². The number of hydrogen-bond acceptors (Lipinski definition) is 5. The van der Waals surface area contributed by atoms with Crippen molar-refractivity contribution in [3.05, 3.63) is 54.5 Å². The summed E-state index contributed by atoms with van der Waals surface area (Å²) in [6.45, 7) is 1.06. The van der Waals surface area contributed by atoms with Crippen LogP contribution in [0.25, 0.3) is 21.9 Å². The van der Waals surface area contributed by atoms with E-state index < -0.39 is 0 Å². The van der Waals surface area contributed by atoms with Gasteiger partial charge in [-0.25, -0.2) is 15.0 Å². The average Bonchev–Trinajstić information content (AvgIpc) is 3.39. The van der Waals surface area contributed by atoms with Gasteiger partial charge in [0, 0.05) is 31.2 Å². The Bertz CT molecular complexity index is 1270. The molecule has 0 saturated heterocycles. The first-order valence-corrected chi connectivity index (χ1v) is 12.4. The zero-order valence-corrected chi connectivity index (χ0v) is 19.3. The lowest BCUT2D eigenvalue weighted by molar-refractivity contribution is 0.461. The predicted molar refractivity (Wildman–Crippen MR) is 135 cm³/mol. The quantitative estimate of drug-likeness (QED) is 0.361. The molecule has 2 aliphatic carbocycles. The monoisotopic (exact) mass is 440 g/mol. The maximum atomic E-state index is 4.87. The van der Waals surface area contributed by atoms with Gasteiger partial charge in [0.1, 0.15) is 23.6 Å². The molecule has 2 unspecified atom stereocenters. The molecule has 2 aliphatic rings. The first-order chi connectivity index (χ1) is 16.3. The third-order valence-corrected chi connectivity index (χ3v) is 7.52. The number of benzene rings is 1. The van der Waals surface area contributed by atoms with Gasteiger partial charge in [-0.3, -0.25) is 0 Å². The lowest BCUT2D eigenvalue weighted by Crippen LogP contribution is -2.06. The zero-order valence-electron chi connectivity index (χ0n) is 19.3. The number of nitrogens with zero attached hydrogens (tertiary/aromatic N) is 4. The standard InChI is InChI=1S/C27H32N6/c1-28-26-23-12-13-33(27(23)31-17-30-26)22-10-7-18(14-22)2-3-19-6-8-21-9-11-25(32-24(21)15-19)29-16-20-4-5-20/h6,8-9,11-13,15,17-18,20,22H,2-5,7,10,14,16H2,1H3,(H,29,32)(H,28,30,31). The van der Waals surface area contributed by atoms with Gasteiger partial charge in [-0.1, -0.05) is 12.1 Å². The van der Waals surface area contributed by atoms with Crippen molar-refractivity contribution in [2.24, 2.45) is 11.8 Å². The Morgan fingerprint density at radius 2 is 1.88 bits per heavy atom. The fourth-order valence-electron chi connectivity index (χ4n) is 5.39. The maximum Gasteiger partial charge on any atom is 0.145 e. The number of fused-ring (bicyclic) bond motifs is 2. The van der Waals surface area contributed by atoms with E-state index in [0.717, 1.165) is 53.0 Å². The van der Waals surface area contributed by atoms with Gasteiger partial charge in [-0.2, -0.15) is 0 Å². The van der Waals surface area contributed by atoms with Crippen LogP contribution in [-0.2, 0) is 6.42 Å². The van der Waals surface area contributed by atoms with E-state index >= 15 is 0 Å². The van der Waals surface area contributed by atoms with Crippen molar-refractivity contribution in [2.45, 2.75) is 51.0 Å². The summed E-state index contributed by atoms with van der Waals surface area (Å²) in [5, 5.41) is 9.02. The Morgan fingerprint density at radius 3 is 2.76 bits per heavy atom. The lowest BCUT2D eigenvalue weighted by atomic mass is 9.97. The van der Waals surface area contributed by atoms with Crippen LogP contribution in [0.4, 0.5) is 11.6 Å². The highest BCUT2D eigenvalue weighted by molar-refractivity contribution is 5.87. The van der Waals surface area contributed by atoms with Crippen molar-refractivity contribution < 1.29 is 0 Å². The minimum Gasteiger partial charge on any atom is -0.372 e. The number of pyridine rings is 1. The molecular formula is C27H32N6. The Kier molecular flexibility index (Phi) is 5.36. The summed E-state index contributed by atoms with van der Waals surface area (Å²) < 4.78 is 2.37. The predicted octanol–water partition coefficient (Wildman–Crippen LogP) is 5.82. The van der Waals surface area contributed by atoms with E-state index in [-0.39, 0.29) is 0 Å². The second-order valence-electron chi connectivity index (χ2n) is 9.85. The molecule has 2 fully saturated rings. The molecule has 2 atom stereocenters. The summed E-state index contributed by atoms with van der Waals surface area (Å²) >= 11 is 0. The number of aromatic nitrogens is 4. The van der Waals surface area contributed by atoms with Crippen LogP contribution in [0.1, 0.15) is 50.1 Å². The SMILES string of the molecule is CNc1ncnc2c1ccn2C1CCC(CCc2ccc3ccc(NCC4CC4)nc3c2)C1. The van der Waals surface area contributed by atoms with Crippen molar-refractivity contribution in [3.8, 4) is 0 Å². The number of anilines is 2. The van der Waals surface area contributed by atoms with Gasteiger partial charge < -0.3 is 15.2 Å². The van der Waals surface area contributed by atoms with Crippen LogP contribution in [0, 0.1) is 11.8 Å². The van der Waals surface area contributed by atoms with Crippen LogP contribution in [0.3, 0.4) is 0 Å². The van der Waals surface area contributed by atoms with Gasteiger partial charge in [0.15, 0.2) is 0 Å². The highest BCUT2D eigenvalue weighted by Crippen LogP contribution is 2.39. The van der Waals surface area contributed by atoms with Gasteiger partial charge in [0.05, 0.1) is 10.9 Å². The minimum absolute atomic E-state index is 0.533. The Labute approximate surface area is 194 Å². The van der Waals surface area contributed by atoms with E-state index in [4.69, 9.17) is 4.98 Å². The summed E-state index contributed by atoms with van der Waals surface area (Å²) in [6.07, 6.45) is 12.7. The molecule has 6 nitrogen and oxygen atoms in total. The smallest absolute Gasteiger partial charge is 0.145 e. The van der Waals surface area contributed by atoms with E-state index in [9.17, 15) is 0 Å². The van der Waals surface area contributed by atoms with Crippen LogP contribution in [0.2, 0.25) is 0 Å². The summed E-state index contributed by atoms with van der Waals surface area (Å²) in [5.74, 6) is 3.53. The molecule has 0 bridgehead atoms. The summed E-state index contributed by atoms with van der Waals surface area (Å²) in [6, 6.07) is 13.8. The summed E-state index contributed by atoms with van der Waals surface area (Å²) in [7, 11) is 1.92. The van der Waals surface area contributed by atoms with Crippen LogP contribution in [0.15, 0.2) is 48.9 Å². The molecule has 170 valence electrons. The van der Waals surface area contributed by atoms with Crippen molar-refractivity contribution in [3.63, 3.8) is 0 Å². The first kappa shape index (κ1) is 20.5. The molecule has 6 heteroatoms. The van der Waals surface area contributed by atoms with Crippen LogP contribution < -0.4 is 10.6 Å². The van der Waals surface area contributed by atoms with Crippen LogP contribution in [-0.4, -0.2) is 33.1 Å². The number of rotatable bonds is 8. The largest absolute Gasteiger partial charge is 0.372 e. The maximum absolute atomic E-state index is 4.87. The molecule has 3 heterocycles. The zero-order chi connectivity index (χ0) is 22.2. The number of nitrogens with one attached hydrogen (secondary N) is 2.